The number of carbonyl (C=O) groups excluding carboxylic acids is 1. The lowest BCUT2D eigenvalue weighted by Crippen LogP contribution is -2.23. The Morgan fingerprint density at radius 1 is 1.21 bits per heavy atom. The Bertz CT molecular complexity index is 1180. The van der Waals surface area contributed by atoms with Crippen LogP contribution in [0.1, 0.15) is 36.7 Å². The van der Waals surface area contributed by atoms with Crippen molar-refractivity contribution in [3.63, 3.8) is 0 Å². The molecule has 0 amide bonds. The van der Waals surface area contributed by atoms with Gasteiger partial charge in [-0.05, 0) is 60.7 Å². The highest BCUT2D eigenvalue weighted by molar-refractivity contribution is 5.94. The fraction of sp³-hybridized carbons (Fsp3) is 0.292. The molecule has 29 heavy (non-hydrogen) atoms. The van der Waals surface area contributed by atoms with E-state index in [1.54, 1.807) is 6.20 Å². The Morgan fingerprint density at radius 2 is 2.07 bits per heavy atom. The van der Waals surface area contributed by atoms with Crippen molar-refractivity contribution in [2.45, 2.75) is 38.0 Å². The first kappa shape index (κ1) is 17.9. The fourth-order valence-electron chi connectivity index (χ4n) is 4.25. The Morgan fingerprint density at radius 3 is 2.86 bits per heavy atom. The highest BCUT2D eigenvalue weighted by Gasteiger charge is 2.50. The predicted molar refractivity (Wildman–Crippen MR) is 112 cm³/mol. The van der Waals surface area contributed by atoms with Gasteiger partial charge in [0.25, 0.3) is 0 Å². The molecule has 5 rings (SSSR count). The van der Waals surface area contributed by atoms with Crippen LogP contribution < -0.4 is 10.3 Å². The van der Waals surface area contributed by atoms with Crippen LogP contribution in [-0.2, 0) is 23.1 Å². The number of aromatic nitrogens is 2. The Balaban J connectivity index is 0.00000218. The SMILES string of the molecule is Cc1cc(CC(=O)C2(c3ccc4c(c3)CCO4)CC2)nc(-c2cc[nH]c(=O)c2)c1.[HH]. The van der Waals surface area contributed by atoms with Crippen LogP contribution in [0.2, 0.25) is 0 Å². The Kier molecular flexibility index (Phi) is 4.12. The molecule has 1 saturated carbocycles. The minimum absolute atomic E-state index is 0. The number of nitrogens with zero attached hydrogens (tertiary/aromatic N) is 1. The van der Waals surface area contributed by atoms with Crippen LogP contribution in [0, 0.1) is 6.92 Å². The second-order valence-electron chi connectivity index (χ2n) is 8.07. The number of rotatable bonds is 5. The number of fused-ring (bicyclic) bond motifs is 1. The molecule has 0 unspecified atom stereocenters. The van der Waals surface area contributed by atoms with Crippen molar-refractivity contribution < 1.29 is 11.0 Å². The number of nitrogens with one attached hydrogen (secondary N) is 1. The molecule has 0 bridgehead atoms. The molecule has 1 aliphatic carbocycles. The van der Waals surface area contributed by atoms with Gasteiger partial charge in [0, 0.05) is 37.8 Å². The van der Waals surface area contributed by atoms with E-state index in [0.717, 1.165) is 59.7 Å². The maximum absolute atomic E-state index is 13.3. The van der Waals surface area contributed by atoms with Gasteiger partial charge in [0.15, 0.2) is 0 Å². The third-order valence-electron chi connectivity index (χ3n) is 5.96. The number of benzene rings is 1. The monoisotopic (exact) mass is 388 g/mol. The zero-order chi connectivity index (χ0) is 20.0. The average Bonchev–Trinajstić information content (AvgIpc) is 3.39. The van der Waals surface area contributed by atoms with E-state index in [0.29, 0.717) is 6.42 Å². The summed E-state index contributed by atoms with van der Waals surface area (Å²) in [5.41, 5.74) is 5.01. The van der Waals surface area contributed by atoms with Crippen LogP contribution in [-0.4, -0.2) is 22.4 Å². The molecule has 0 atom stereocenters. The molecule has 0 radical (unpaired) electrons. The molecule has 1 N–H and O–H groups in total. The minimum Gasteiger partial charge on any atom is -0.493 e. The summed E-state index contributed by atoms with van der Waals surface area (Å²) in [5.74, 6) is 1.16. The molecule has 148 valence electrons. The number of hydrogen-bond acceptors (Lipinski definition) is 4. The number of H-pyrrole nitrogens is 1. The zero-order valence-corrected chi connectivity index (χ0v) is 16.3. The predicted octanol–water partition coefficient (Wildman–Crippen LogP) is 3.77. The highest BCUT2D eigenvalue weighted by Crippen LogP contribution is 2.50. The second-order valence-corrected chi connectivity index (χ2v) is 8.07. The van der Waals surface area contributed by atoms with Crippen LogP contribution in [0.4, 0.5) is 0 Å². The van der Waals surface area contributed by atoms with Crippen molar-refractivity contribution in [2.24, 2.45) is 0 Å². The van der Waals surface area contributed by atoms with Crippen molar-refractivity contribution in [1.29, 1.82) is 0 Å². The number of aromatic amines is 1. The topological polar surface area (TPSA) is 72.0 Å². The molecule has 1 aromatic carbocycles. The van der Waals surface area contributed by atoms with Gasteiger partial charge in [-0.1, -0.05) is 12.1 Å². The summed E-state index contributed by atoms with van der Waals surface area (Å²) in [5, 5.41) is 0. The molecular formula is C24H24N2O3. The van der Waals surface area contributed by atoms with Crippen LogP contribution in [0.15, 0.2) is 53.5 Å². The average molecular weight is 388 g/mol. The number of aryl methyl sites for hydroxylation is 1. The third kappa shape index (κ3) is 3.27. The van der Waals surface area contributed by atoms with E-state index in [1.165, 1.54) is 11.6 Å². The van der Waals surface area contributed by atoms with Crippen molar-refractivity contribution >= 4 is 5.78 Å². The molecule has 3 aromatic rings. The number of pyridine rings is 2. The van der Waals surface area contributed by atoms with Crippen LogP contribution in [0.5, 0.6) is 5.75 Å². The largest absolute Gasteiger partial charge is 0.493 e. The molecule has 0 saturated heterocycles. The first-order valence-electron chi connectivity index (χ1n) is 10.00. The van der Waals surface area contributed by atoms with E-state index in [4.69, 9.17) is 4.74 Å². The molecule has 2 aromatic heterocycles. The molecule has 1 fully saturated rings. The fourth-order valence-corrected chi connectivity index (χ4v) is 4.25. The lowest BCUT2D eigenvalue weighted by Gasteiger charge is -2.16. The van der Waals surface area contributed by atoms with Gasteiger partial charge in [-0.15, -0.1) is 0 Å². The van der Waals surface area contributed by atoms with E-state index in [2.05, 4.69) is 16.0 Å². The van der Waals surface area contributed by atoms with E-state index < -0.39 is 0 Å². The summed E-state index contributed by atoms with van der Waals surface area (Å²) < 4.78 is 5.60. The summed E-state index contributed by atoms with van der Waals surface area (Å²) in [7, 11) is 0. The third-order valence-corrected chi connectivity index (χ3v) is 5.96. The van der Waals surface area contributed by atoms with Gasteiger partial charge in [0.05, 0.1) is 17.7 Å². The number of hydrogen-bond donors (Lipinski definition) is 1. The maximum Gasteiger partial charge on any atom is 0.248 e. The summed E-state index contributed by atoms with van der Waals surface area (Å²) in [6.45, 7) is 2.71. The minimum atomic E-state index is -0.382. The summed E-state index contributed by atoms with van der Waals surface area (Å²) in [6, 6.07) is 13.4. The first-order chi connectivity index (χ1) is 14.0. The lowest BCUT2D eigenvalue weighted by molar-refractivity contribution is -0.120. The normalized spacial score (nSPS) is 16.2. The highest BCUT2D eigenvalue weighted by atomic mass is 16.5. The van der Waals surface area contributed by atoms with Gasteiger partial charge >= 0.3 is 0 Å². The van der Waals surface area contributed by atoms with Gasteiger partial charge in [0.2, 0.25) is 5.56 Å². The molecule has 1 aliphatic heterocycles. The van der Waals surface area contributed by atoms with Gasteiger partial charge in [0.1, 0.15) is 11.5 Å². The first-order valence-corrected chi connectivity index (χ1v) is 10.00. The van der Waals surface area contributed by atoms with Crippen molar-refractivity contribution in [1.82, 2.24) is 9.97 Å². The molecule has 5 heteroatoms. The van der Waals surface area contributed by atoms with E-state index in [-0.39, 0.29) is 18.2 Å². The number of ketones is 1. The summed E-state index contributed by atoms with van der Waals surface area (Å²) >= 11 is 0. The van der Waals surface area contributed by atoms with Gasteiger partial charge in [-0.2, -0.15) is 0 Å². The van der Waals surface area contributed by atoms with Gasteiger partial charge in [-0.3, -0.25) is 14.6 Å². The quantitative estimate of drug-likeness (QED) is 0.722. The Hall–Kier alpha value is -3.21. The summed E-state index contributed by atoms with van der Waals surface area (Å²) in [4.78, 5) is 32.2. The molecule has 3 heterocycles. The number of ether oxygens (including phenoxy) is 1. The lowest BCUT2D eigenvalue weighted by atomic mass is 9.87. The van der Waals surface area contributed by atoms with E-state index >= 15 is 0 Å². The zero-order valence-electron chi connectivity index (χ0n) is 16.3. The van der Waals surface area contributed by atoms with E-state index in [9.17, 15) is 9.59 Å². The Labute approximate surface area is 170 Å². The maximum atomic E-state index is 13.3. The summed E-state index contributed by atoms with van der Waals surface area (Å²) in [6.07, 6.45) is 4.59. The van der Waals surface area contributed by atoms with Gasteiger partial charge < -0.3 is 9.72 Å². The standard InChI is InChI=1S/C24H22N2O3.H2/c1-15-10-19(26-20(11-15)16-4-8-25-23(28)13-16)14-22(27)24(6-7-24)18-2-3-21-17(12-18)5-9-29-21;/h2-4,8,10-13H,5-7,9,14H2,1H3,(H,25,28);1H. The van der Waals surface area contributed by atoms with Gasteiger partial charge in [-0.25, -0.2) is 0 Å². The second kappa shape index (κ2) is 6.69. The molecule has 2 aliphatic rings. The van der Waals surface area contributed by atoms with Crippen LogP contribution in [0.3, 0.4) is 0 Å². The van der Waals surface area contributed by atoms with Crippen molar-refractivity contribution in [2.75, 3.05) is 6.61 Å². The van der Waals surface area contributed by atoms with Crippen molar-refractivity contribution in [3.05, 3.63) is 81.4 Å². The van der Waals surface area contributed by atoms with Crippen LogP contribution in [0.25, 0.3) is 11.3 Å². The molecular weight excluding hydrogens is 364 g/mol. The molecule has 5 nitrogen and oxygen atoms in total. The van der Waals surface area contributed by atoms with Crippen molar-refractivity contribution in [3.8, 4) is 17.0 Å². The molecule has 0 spiro atoms. The van der Waals surface area contributed by atoms with E-state index in [1.807, 2.05) is 37.3 Å². The van der Waals surface area contributed by atoms with Crippen LogP contribution >= 0.6 is 0 Å². The smallest absolute Gasteiger partial charge is 0.248 e. The number of carbonyl (C=O) groups is 1. The number of Topliss-reactive ketones (excluding diaryl/α,β-unsaturated/α-hetero) is 1.